The summed E-state index contributed by atoms with van der Waals surface area (Å²) in [6, 6.07) is 6.91. The summed E-state index contributed by atoms with van der Waals surface area (Å²) in [7, 11) is 0. The number of hydrogen-bond donors (Lipinski definition) is 2. The molecule has 0 aliphatic carbocycles. The van der Waals surface area contributed by atoms with Gasteiger partial charge in [-0.3, -0.25) is 14.9 Å². The molecule has 1 aromatic carbocycles. The Morgan fingerprint density at radius 3 is 2.71 bits per heavy atom. The standard InChI is InChI=1S/C14H11ClN2O2S2/c1-7-6-16-12(21-7)10-11(18)17-13(19)14(10,20)8-4-2-3-5-9(8)15/h2-6,10,20H,1H3,(H,17,18,19). The number of halogens is 1. The average molecular weight is 339 g/mol. The number of nitrogens with zero attached hydrogens (tertiary/aromatic N) is 1. The molecule has 2 unspecified atom stereocenters. The number of carbonyl (C=O) groups is 2. The van der Waals surface area contributed by atoms with E-state index in [-0.39, 0.29) is 0 Å². The number of carbonyl (C=O) groups excluding carboxylic acids is 2. The third kappa shape index (κ3) is 2.18. The lowest BCUT2D eigenvalue weighted by Gasteiger charge is -2.26. The van der Waals surface area contributed by atoms with Crippen molar-refractivity contribution < 1.29 is 9.59 Å². The number of nitrogens with one attached hydrogen (secondary N) is 1. The zero-order valence-electron chi connectivity index (χ0n) is 11.0. The summed E-state index contributed by atoms with van der Waals surface area (Å²) in [6.45, 7) is 1.89. The Kier molecular flexibility index (Phi) is 3.55. The van der Waals surface area contributed by atoms with Gasteiger partial charge < -0.3 is 0 Å². The lowest BCUT2D eigenvalue weighted by Crippen LogP contribution is -2.33. The van der Waals surface area contributed by atoms with Crippen LogP contribution >= 0.6 is 35.6 Å². The van der Waals surface area contributed by atoms with Gasteiger partial charge in [0.25, 0.3) is 0 Å². The van der Waals surface area contributed by atoms with Gasteiger partial charge in [-0.15, -0.1) is 11.3 Å². The van der Waals surface area contributed by atoms with Gasteiger partial charge in [-0.25, -0.2) is 4.98 Å². The van der Waals surface area contributed by atoms with Crippen molar-refractivity contribution in [2.45, 2.75) is 17.6 Å². The van der Waals surface area contributed by atoms with Crippen molar-refractivity contribution >= 4 is 47.4 Å². The monoisotopic (exact) mass is 338 g/mol. The maximum absolute atomic E-state index is 12.4. The van der Waals surface area contributed by atoms with E-state index < -0.39 is 22.5 Å². The zero-order valence-corrected chi connectivity index (χ0v) is 13.4. The fourth-order valence-corrected chi connectivity index (χ4v) is 4.32. The second-order valence-electron chi connectivity index (χ2n) is 4.81. The molecular formula is C14H11ClN2O2S2. The molecule has 2 heterocycles. The van der Waals surface area contributed by atoms with Crippen molar-refractivity contribution in [1.29, 1.82) is 0 Å². The van der Waals surface area contributed by atoms with E-state index in [1.54, 1.807) is 30.5 Å². The summed E-state index contributed by atoms with van der Waals surface area (Å²) in [5.41, 5.74) is 0.510. The number of amides is 2. The van der Waals surface area contributed by atoms with Crippen LogP contribution in [0.25, 0.3) is 0 Å². The Morgan fingerprint density at radius 2 is 2.10 bits per heavy atom. The minimum atomic E-state index is -1.35. The Morgan fingerprint density at radius 1 is 1.38 bits per heavy atom. The molecule has 2 amide bonds. The quantitative estimate of drug-likeness (QED) is 0.654. The maximum Gasteiger partial charge on any atom is 0.248 e. The van der Waals surface area contributed by atoms with Crippen LogP contribution in [0.5, 0.6) is 0 Å². The Bertz CT molecular complexity index is 746. The largest absolute Gasteiger partial charge is 0.294 e. The lowest BCUT2D eigenvalue weighted by molar-refractivity contribution is -0.125. The average Bonchev–Trinajstić information content (AvgIpc) is 2.93. The first kappa shape index (κ1) is 14.6. The highest BCUT2D eigenvalue weighted by molar-refractivity contribution is 7.82. The van der Waals surface area contributed by atoms with Gasteiger partial charge in [0.2, 0.25) is 11.8 Å². The zero-order chi connectivity index (χ0) is 15.2. The predicted octanol–water partition coefficient (Wildman–Crippen LogP) is 2.67. The second kappa shape index (κ2) is 5.12. The van der Waals surface area contributed by atoms with Gasteiger partial charge in [0.05, 0.1) is 0 Å². The molecule has 1 fully saturated rings. The molecule has 1 saturated heterocycles. The van der Waals surface area contributed by atoms with Gasteiger partial charge in [0.1, 0.15) is 15.7 Å². The summed E-state index contributed by atoms with van der Waals surface area (Å²) in [6.07, 6.45) is 1.68. The van der Waals surface area contributed by atoms with Crippen LogP contribution < -0.4 is 5.32 Å². The number of aryl methyl sites for hydroxylation is 1. The van der Waals surface area contributed by atoms with Crippen molar-refractivity contribution in [2.24, 2.45) is 0 Å². The van der Waals surface area contributed by atoms with Crippen molar-refractivity contribution in [3.05, 3.63) is 50.9 Å². The summed E-state index contributed by atoms with van der Waals surface area (Å²) in [5, 5.41) is 3.30. The lowest BCUT2D eigenvalue weighted by atomic mass is 9.87. The van der Waals surface area contributed by atoms with E-state index in [0.717, 1.165) is 4.88 Å². The predicted molar refractivity (Wildman–Crippen MR) is 84.9 cm³/mol. The summed E-state index contributed by atoms with van der Waals surface area (Å²) in [5.74, 6) is -1.65. The first-order chi connectivity index (χ1) is 9.94. The molecule has 2 atom stereocenters. The van der Waals surface area contributed by atoms with Crippen LogP contribution in [0.15, 0.2) is 30.5 Å². The molecule has 0 spiro atoms. The molecule has 4 nitrogen and oxygen atoms in total. The molecule has 1 N–H and O–H groups in total. The van der Waals surface area contributed by atoms with Gasteiger partial charge in [0.15, 0.2) is 0 Å². The maximum atomic E-state index is 12.4. The van der Waals surface area contributed by atoms with Crippen molar-refractivity contribution in [3.8, 4) is 0 Å². The van der Waals surface area contributed by atoms with E-state index in [9.17, 15) is 9.59 Å². The van der Waals surface area contributed by atoms with Crippen LogP contribution in [0.4, 0.5) is 0 Å². The molecule has 1 aliphatic rings. The number of aromatic nitrogens is 1. The normalized spacial score (nSPS) is 25.2. The van der Waals surface area contributed by atoms with E-state index in [4.69, 9.17) is 11.6 Å². The molecule has 0 radical (unpaired) electrons. The van der Waals surface area contributed by atoms with Gasteiger partial charge in [-0.05, 0) is 18.6 Å². The van der Waals surface area contributed by atoms with Crippen LogP contribution in [0.2, 0.25) is 5.02 Å². The summed E-state index contributed by atoms with van der Waals surface area (Å²) >= 11 is 12.1. The third-order valence-electron chi connectivity index (χ3n) is 3.43. The van der Waals surface area contributed by atoms with Crippen LogP contribution in [-0.2, 0) is 14.3 Å². The molecule has 0 bridgehead atoms. The van der Waals surface area contributed by atoms with Gasteiger partial charge in [-0.2, -0.15) is 12.6 Å². The van der Waals surface area contributed by atoms with E-state index in [0.29, 0.717) is 15.6 Å². The number of imide groups is 1. The molecule has 0 saturated carbocycles. The number of thiol groups is 1. The van der Waals surface area contributed by atoms with Gasteiger partial charge >= 0.3 is 0 Å². The summed E-state index contributed by atoms with van der Waals surface area (Å²) < 4.78 is -1.35. The van der Waals surface area contributed by atoms with E-state index in [2.05, 4.69) is 22.9 Å². The highest BCUT2D eigenvalue weighted by Crippen LogP contribution is 2.49. The molecule has 21 heavy (non-hydrogen) atoms. The number of benzene rings is 1. The van der Waals surface area contributed by atoms with Crippen LogP contribution in [-0.4, -0.2) is 16.8 Å². The smallest absolute Gasteiger partial charge is 0.248 e. The second-order valence-corrected chi connectivity index (χ2v) is 7.19. The Hall–Kier alpha value is -1.37. The molecule has 2 aromatic rings. The Labute approximate surface area is 135 Å². The summed E-state index contributed by atoms with van der Waals surface area (Å²) in [4.78, 5) is 29.8. The molecule has 1 aromatic heterocycles. The minimum Gasteiger partial charge on any atom is -0.294 e. The topological polar surface area (TPSA) is 59.1 Å². The molecular weight excluding hydrogens is 328 g/mol. The number of thiazole rings is 1. The van der Waals surface area contributed by atoms with Crippen molar-refractivity contribution in [3.63, 3.8) is 0 Å². The van der Waals surface area contributed by atoms with Crippen LogP contribution in [0.1, 0.15) is 21.4 Å². The number of rotatable bonds is 2. The van der Waals surface area contributed by atoms with Crippen LogP contribution in [0, 0.1) is 6.92 Å². The van der Waals surface area contributed by atoms with Gasteiger partial charge in [-0.1, -0.05) is 29.8 Å². The highest BCUT2D eigenvalue weighted by atomic mass is 35.5. The van der Waals surface area contributed by atoms with Gasteiger partial charge in [0, 0.05) is 16.1 Å². The SMILES string of the molecule is Cc1cnc(C2C(=O)NC(=O)C2(S)c2ccccc2Cl)s1. The fraction of sp³-hybridized carbons (Fsp3) is 0.214. The molecule has 3 rings (SSSR count). The van der Waals surface area contributed by atoms with Crippen LogP contribution in [0.3, 0.4) is 0 Å². The molecule has 108 valence electrons. The molecule has 7 heteroatoms. The fourth-order valence-electron chi connectivity index (χ4n) is 2.44. The van der Waals surface area contributed by atoms with Crippen molar-refractivity contribution in [1.82, 2.24) is 10.3 Å². The molecule has 1 aliphatic heterocycles. The third-order valence-corrected chi connectivity index (χ3v) is 5.44. The first-order valence-corrected chi connectivity index (χ1v) is 7.83. The Balaban J connectivity index is 2.20. The first-order valence-electron chi connectivity index (χ1n) is 6.19. The minimum absolute atomic E-state index is 0.399. The number of hydrogen-bond acceptors (Lipinski definition) is 5. The highest BCUT2D eigenvalue weighted by Gasteiger charge is 2.56. The van der Waals surface area contributed by atoms with E-state index >= 15 is 0 Å². The van der Waals surface area contributed by atoms with E-state index in [1.165, 1.54) is 11.3 Å². The van der Waals surface area contributed by atoms with Crippen molar-refractivity contribution in [2.75, 3.05) is 0 Å². The van der Waals surface area contributed by atoms with E-state index in [1.807, 2.05) is 6.92 Å².